The van der Waals surface area contributed by atoms with Gasteiger partial charge in [-0.2, -0.15) is 0 Å². The molecule has 0 aliphatic carbocycles. The van der Waals surface area contributed by atoms with E-state index in [0.717, 1.165) is 11.8 Å². The number of carbonyl (C=O) groups excluding carboxylic acids is 1. The molecule has 140 valence electrons. The van der Waals surface area contributed by atoms with Crippen LogP contribution in [0.25, 0.3) is 0 Å². The lowest BCUT2D eigenvalue weighted by Gasteiger charge is -2.55. The number of likely N-dealkylation sites (tertiary alicyclic amines) is 1. The van der Waals surface area contributed by atoms with Crippen LogP contribution in [-0.2, 0) is 19.6 Å². The molecule has 0 bridgehead atoms. The Balaban J connectivity index is 2.34. The molecule has 1 aliphatic heterocycles. The first-order chi connectivity index (χ1) is 11.8. The van der Waals surface area contributed by atoms with Gasteiger partial charge in [0.1, 0.15) is 6.61 Å². The zero-order valence-electron chi connectivity index (χ0n) is 14.8. The van der Waals surface area contributed by atoms with Crippen LogP contribution in [0.3, 0.4) is 0 Å². The lowest BCUT2D eigenvalue weighted by atomic mass is 9.75. The van der Waals surface area contributed by atoms with Crippen molar-refractivity contribution in [2.45, 2.75) is 24.9 Å². The molecule has 3 atom stereocenters. The van der Waals surface area contributed by atoms with E-state index >= 15 is 0 Å². The Hall–Kier alpha value is -1.48. The van der Waals surface area contributed by atoms with Gasteiger partial charge in [-0.05, 0) is 5.56 Å². The Morgan fingerprint density at radius 2 is 1.92 bits per heavy atom. The van der Waals surface area contributed by atoms with Crippen LogP contribution >= 0.6 is 0 Å². The normalized spacial score (nSPS) is 23.6. The summed E-state index contributed by atoms with van der Waals surface area (Å²) in [5.74, 6) is -0.369. The minimum Gasteiger partial charge on any atom is -0.394 e. The number of rotatable bonds is 8. The maximum atomic E-state index is 12.4. The van der Waals surface area contributed by atoms with Crippen LogP contribution in [0, 0.1) is 0 Å². The second-order valence-electron chi connectivity index (χ2n) is 6.20. The molecule has 1 aromatic rings. The van der Waals surface area contributed by atoms with E-state index in [1.165, 1.54) is 11.4 Å². The Bertz CT molecular complexity index is 680. The predicted octanol–water partition coefficient (Wildman–Crippen LogP) is 0.270. The minimum atomic E-state index is -3.38. The molecule has 25 heavy (non-hydrogen) atoms. The Morgan fingerprint density at radius 1 is 1.28 bits per heavy atom. The second-order valence-corrected chi connectivity index (χ2v) is 8.18. The third kappa shape index (κ3) is 4.20. The maximum Gasteiger partial charge on any atom is 0.249 e. The predicted molar refractivity (Wildman–Crippen MR) is 94.7 cm³/mol. The van der Waals surface area contributed by atoms with Crippen molar-refractivity contribution in [3.63, 3.8) is 0 Å². The number of carbonyl (C=O) groups is 1. The first kappa shape index (κ1) is 19.8. The topological polar surface area (TPSA) is 87.2 Å². The molecule has 7 nitrogen and oxygen atoms in total. The van der Waals surface area contributed by atoms with Crippen LogP contribution in [0.15, 0.2) is 30.3 Å². The molecule has 0 unspecified atom stereocenters. The fourth-order valence-corrected chi connectivity index (χ4v) is 4.44. The number of aliphatic hydroxyl groups is 1. The summed E-state index contributed by atoms with van der Waals surface area (Å²) in [6, 6.07) is 8.85. The zero-order chi connectivity index (χ0) is 18.6. The standard InChI is InChI=1S/C17H26N2O5S/c1-4-18(25(3,22)23)10-14-17(13-8-6-5-7-9-13)15(11-20)19(14)16(21)12-24-2/h5-9,14-15,17,20H,4,10-12H2,1-3H3/t14-,15-,17-/m1/s1. The van der Waals surface area contributed by atoms with E-state index in [0.29, 0.717) is 6.54 Å². The molecular formula is C17H26N2O5S. The van der Waals surface area contributed by atoms with Gasteiger partial charge in [-0.25, -0.2) is 12.7 Å². The molecule has 1 aliphatic rings. The third-order valence-electron chi connectivity index (χ3n) is 4.68. The molecule has 1 heterocycles. The monoisotopic (exact) mass is 370 g/mol. The van der Waals surface area contributed by atoms with E-state index in [4.69, 9.17) is 4.74 Å². The van der Waals surface area contributed by atoms with Crippen molar-refractivity contribution in [1.29, 1.82) is 0 Å². The summed E-state index contributed by atoms with van der Waals surface area (Å²) < 4.78 is 30.3. The van der Waals surface area contributed by atoms with Gasteiger partial charge in [0.25, 0.3) is 0 Å². The quantitative estimate of drug-likeness (QED) is 0.710. The van der Waals surface area contributed by atoms with Crippen molar-refractivity contribution >= 4 is 15.9 Å². The molecule has 1 fully saturated rings. The molecule has 8 heteroatoms. The molecule has 1 N–H and O–H groups in total. The SMILES string of the molecule is CCN(C[C@@H]1[C@@H](c2ccccc2)[C@@H](CO)N1C(=O)COC)S(C)(=O)=O. The van der Waals surface area contributed by atoms with Crippen molar-refractivity contribution in [3.8, 4) is 0 Å². The summed E-state index contributed by atoms with van der Waals surface area (Å²) in [6.45, 7) is 2.01. The fourth-order valence-electron chi connectivity index (χ4n) is 3.55. The van der Waals surface area contributed by atoms with E-state index in [1.807, 2.05) is 30.3 Å². The molecule has 0 spiro atoms. The molecule has 2 rings (SSSR count). The van der Waals surface area contributed by atoms with E-state index in [-0.39, 0.29) is 43.7 Å². The highest BCUT2D eigenvalue weighted by molar-refractivity contribution is 7.88. The van der Waals surface area contributed by atoms with Gasteiger partial charge >= 0.3 is 0 Å². The van der Waals surface area contributed by atoms with Crippen LogP contribution < -0.4 is 0 Å². The number of likely N-dealkylation sites (N-methyl/N-ethyl adjacent to an activating group) is 1. The van der Waals surface area contributed by atoms with Crippen LogP contribution in [0.2, 0.25) is 0 Å². The number of nitrogens with zero attached hydrogens (tertiary/aromatic N) is 2. The minimum absolute atomic E-state index is 0.0977. The summed E-state index contributed by atoms with van der Waals surface area (Å²) in [6.07, 6.45) is 1.16. The van der Waals surface area contributed by atoms with Gasteiger partial charge in [0, 0.05) is 26.1 Å². The van der Waals surface area contributed by atoms with E-state index in [1.54, 1.807) is 11.8 Å². The van der Waals surface area contributed by atoms with Crippen molar-refractivity contribution < 1.29 is 23.1 Å². The smallest absolute Gasteiger partial charge is 0.249 e. The molecule has 1 amide bonds. The van der Waals surface area contributed by atoms with Crippen molar-refractivity contribution in [3.05, 3.63) is 35.9 Å². The molecule has 1 aromatic carbocycles. The van der Waals surface area contributed by atoms with Gasteiger partial charge in [0.2, 0.25) is 15.9 Å². The Morgan fingerprint density at radius 3 is 2.40 bits per heavy atom. The number of methoxy groups -OCH3 is 1. The average Bonchev–Trinajstić information content (AvgIpc) is 2.54. The van der Waals surface area contributed by atoms with Crippen molar-refractivity contribution in [1.82, 2.24) is 9.21 Å². The number of sulfonamides is 1. The Kier molecular flexibility index (Phi) is 6.56. The second kappa shape index (κ2) is 8.27. The highest BCUT2D eigenvalue weighted by Crippen LogP contribution is 2.41. The molecule has 1 saturated heterocycles. The van der Waals surface area contributed by atoms with Gasteiger partial charge in [0.15, 0.2) is 0 Å². The number of benzene rings is 1. The first-order valence-electron chi connectivity index (χ1n) is 8.26. The molecule has 0 radical (unpaired) electrons. The lowest BCUT2D eigenvalue weighted by Crippen LogP contribution is -2.69. The summed E-state index contributed by atoms with van der Waals surface area (Å²) in [5, 5.41) is 9.81. The number of hydrogen-bond acceptors (Lipinski definition) is 5. The summed E-state index contributed by atoms with van der Waals surface area (Å²) in [7, 11) is -1.94. The molecule has 0 saturated carbocycles. The van der Waals surface area contributed by atoms with Crippen LogP contribution in [-0.4, -0.2) is 80.4 Å². The van der Waals surface area contributed by atoms with Crippen molar-refractivity contribution in [2.24, 2.45) is 0 Å². The maximum absolute atomic E-state index is 12.4. The van der Waals surface area contributed by atoms with E-state index in [2.05, 4.69) is 0 Å². The third-order valence-corrected chi connectivity index (χ3v) is 6.03. The number of hydrogen-bond donors (Lipinski definition) is 1. The van der Waals surface area contributed by atoms with Gasteiger partial charge < -0.3 is 14.7 Å². The first-order valence-corrected chi connectivity index (χ1v) is 10.1. The lowest BCUT2D eigenvalue weighted by molar-refractivity contribution is -0.155. The van der Waals surface area contributed by atoms with E-state index in [9.17, 15) is 18.3 Å². The summed E-state index contributed by atoms with van der Waals surface area (Å²) in [5.41, 5.74) is 0.984. The van der Waals surface area contributed by atoms with Gasteiger partial charge in [-0.1, -0.05) is 37.3 Å². The van der Waals surface area contributed by atoms with Crippen LogP contribution in [0.4, 0.5) is 0 Å². The van der Waals surface area contributed by atoms with Crippen molar-refractivity contribution in [2.75, 3.05) is 39.7 Å². The van der Waals surface area contributed by atoms with Gasteiger partial charge in [-0.15, -0.1) is 0 Å². The fraction of sp³-hybridized carbons (Fsp3) is 0.588. The summed E-state index contributed by atoms with van der Waals surface area (Å²) >= 11 is 0. The van der Waals surface area contributed by atoms with Crippen LogP contribution in [0.1, 0.15) is 18.4 Å². The zero-order valence-corrected chi connectivity index (χ0v) is 15.6. The summed E-state index contributed by atoms with van der Waals surface area (Å²) in [4.78, 5) is 14.0. The number of ether oxygens (including phenoxy) is 1. The van der Waals surface area contributed by atoms with Crippen LogP contribution in [0.5, 0.6) is 0 Å². The van der Waals surface area contributed by atoms with Gasteiger partial charge in [0.05, 0.1) is 24.9 Å². The number of amides is 1. The largest absolute Gasteiger partial charge is 0.394 e. The number of aliphatic hydroxyl groups excluding tert-OH is 1. The molecular weight excluding hydrogens is 344 g/mol. The Labute approximate surface area is 149 Å². The average molecular weight is 370 g/mol. The highest BCUT2D eigenvalue weighted by atomic mass is 32.2. The van der Waals surface area contributed by atoms with E-state index < -0.39 is 10.0 Å². The molecule has 0 aromatic heterocycles. The van der Waals surface area contributed by atoms with Gasteiger partial charge in [-0.3, -0.25) is 4.79 Å². The highest BCUT2D eigenvalue weighted by Gasteiger charge is 2.51.